The summed E-state index contributed by atoms with van der Waals surface area (Å²) in [5.74, 6) is 0.622. The van der Waals surface area contributed by atoms with Gasteiger partial charge in [0.25, 0.3) is 0 Å². The molecule has 0 unspecified atom stereocenters. The molecule has 0 N–H and O–H groups in total. The van der Waals surface area contributed by atoms with Crippen LogP contribution in [-0.4, -0.2) is 15.9 Å². The number of ether oxygens (including phenoxy) is 2. The van der Waals surface area contributed by atoms with Gasteiger partial charge in [0.15, 0.2) is 11.4 Å². The van der Waals surface area contributed by atoms with E-state index in [1.807, 2.05) is 19.1 Å². The van der Waals surface area contributed by atoms with E-state index in [1.54, 1.807) is 24.3 Å². The third kappa shape index (κ3) is 4.05. The summed E-state index contributed by atoms with van der Waals surface area (Å²) in [5.41, 5.74) is 0.416. The van der Waals surface area contributed by atoms with Gasteiger partial charge in [0.05, 0.1) is 0 Å². The van der Waals surface area contributed by atoms with Crippen LogP contribution >= 0.6 is 0 Å². The van der Waals surface area contributed by atoms with Gasteiger partial charge in [-0.15, -0.1) is 0 Å². The molecule has 7 heteroatoms. The fourth-order valence-electron chi connectivity index (χ4n) is 1.95. The summed E-state index contributed by atoms with van der Waals surface area (Å²) in [4.78, 5) is 19.2. The van der Waals surface area contributed by atoms with E-state index in [0.717, 1.165) is 6.42 Å². The molecule has 0 aliphatic carbocycles. The number of nitriles is 2. The Bertz CT molecular complexity index is 833. The van der Waals surface area contributed by atoms with Crippen molar-refractivity contribution in [2.45, 2.75) is 26.7 Å². The minimum Gasteiger partial charge on any atom is -0.437 e. The topological polar surface area (TPSA) is 109 Å². The molecule has 0 saturated heterocycles. The maximum Gasteiger partial charge on any atom is 0.308 e. The van der Waals surface area contributed by atoms with Gasteiger partial charge in [-0.05, 0) is 30.7 Å². The zero-order valence-electron chi connectivity index (χ0n) is 13.2. The van der Waals surface area contributed by atoms with Crippen molar-refractivity contribution in [3.05, 3.63) is 41.3 Å². The minimum atomic E-state index is -0.412. The molecule has 0 saturated carbocycles. The van der Waals surface area contributed by atoms with Crippen LogP contribution in [0.3, 0.4) is 0 Å². The largest absolute Gasteiger partial charge is 0.437 e. The molecule has 0 fully saturated rings. The maximum absolute atomic E-state index is 10.9. The predicted octanol–water partition coefficient (Wildman–Crippen LogP) is 2.89. The van der Waals surface area contributed by atoms with Crippen molar-refractivity contribution in [2.24, 2.45) is 0 Å². The molecule has 1 heterocycles. The number of rotatable bonds is 5. The van der Waals surface area contributed by atoms with Crippen molar-refractivity contribution in [3.8, 4) is 29.5 Å². The van der Waals surface area contributed by atoms with Gasteiger partial charge in [-0.2, -0.15) is 15.5 Å². The second-order valence-electron chi connectivity index (χ2n) is 4.81. The van der Waals surface area contributed by atoms with E-state index in [-0.39, 0.29) is 17.3 Å². The van der Waals surface area contributed by atoms with Crippen LogP contribution in [0.5, 0.6) is 17.4 Å². The summed E-state index contributed by atoms with van der Waals surface area (Å²) in [7, 11) is 0. The van der Waals surface area contributed by atoms with Gasteiger partial charge < -0.3 is 9.47 Å². The highest BCUT2D eigenvalue weighted by Crippen LogP contribution is 2.26. The van der Waals surface area contributed by atoms with Crippen molar-refractivity contribution in [1.29, 1.82) is 10.5 Å². The Morgan fingerprint density at radius 3 is 2.21 bits per heavy atom. The second-order valence-corrected chi connectivity index (χ2v) is 4.81. The average molecular weight is 322 g/mol. The minimum absolute atomic E-state index is 0.0153. The normalized spacial score (nSPS) is 9.67. The smallest absolute Gasteiger partial charge is 0.308 e. The van der Waals surface area contributed by atoms with Crippen LogP contribution in [-0.2, 0) is 11.2 Å². The number of carbonyl (C=O) groups excluding carboxylic acids is 1. The molecule has 0 radical (unpaired) electrons. The molecule has 0 aliphatic rings. The van der Waals surface area contributed by atoms with Gasteiger partial charge in [-0.1, -0.05) is 13.3 Å². The Morgan fingerprint density at radius 2 is 1.67 bits per heavy atom. The molecule has 0 amide bonds. The molecule has 1 aromatic carbocycles. The standard InChI is InChI=1S/C17H14N4O3/c1-3-4-14-17(21-16(10-19)15(9-18)20-14)24-13-7-5-12(6-8-13)23-11(2)22/h5-8H,3-4H2,1-2H3. The summed E-state index contributed by atoms with van der Waals surface area (Å²) >= 11 is 0. The molecule has 120 valence electrons. The van der Waals surface area contributed by atoms with E-state index in [0.29, 0.717) is 23.6 Å². The monoisotopic (exact) mass is 322 g/mol. The van der Waals surface area contributed by atoms with Gasteiger partial charge in [-0.25, -0.2) is 4.98 Å². The molecule has 1 aromatic heterocycles. The molecule has 2 rings (SSSR count). The predicted molar refractivity (Wildman–Crippen MR) is 83.3 cm³/mol. The van der Waals surface area contributed by atoms with Gasteiger partial charge in [0, 0.05) is 6.92 Å². The number of aromatic nitrogens is 2. The summed E-state index contributed by atoms with van der Waals surface area (Å²) in [6, 6.07) is 10.1. The Balaban J connectivity index is 2.32. The lowest BCUT2D eigenvalue weighted by atomic mass is 10.2. The van der Waals surface area contributed by atoms with Gasteiger partial charge in [0.2, 0.25) is 5.88 Å². The zero-order valence-corrected chi connectivity index (χ0v) is 13.2. The third-order valence-corrected chi connectivity index (χ3v) is 2.93. The number of hydrogen-bond acceptors (Lipinski definition) is 7. The van der Waals surface area contributed by atoms with Crippen molar-refractivity contribution in [2.75, 3.05) is 0 Å². The molecule has 0 aliphatic heterocycles. The van der Waals surface area contributed by atoms with Crippen molar-refractivity contribution in [3.63, 3.8) is 0 Å². The van der Waals surface area contributed by atoms with Crippen LogP contribution in [0.2, 0.25) is 0 Å². The summed E-state index contributed by atoms with van der Waals surface area (Å²) in [6.45, 7) is 3.28. The third-order valence-electron chi connectivity index (χ3n) is 2.93. The first-order chi connectivity index (χ1) is 11.6. The maximum atomic E-state index is 10.9. The Hall–Kier alpha value is -3.45. The first-order valence-corrected chi connectivity index (χ1v) is 7.24. The van der Waals surface area contributed by atoms with E-state index in [9.17, 15) is 4.79 Å². The molecule has 0 bridgehead atoms. The Labute approximate surface area is 139 Å². The second kappa shape index (κ2) is 7.70. The highest BCUT2D eigenvalue weighted by atomic mass is 16.5. The number of benzene rings is 1. The van der Waals surface area contributed by atoms with E-state index >= 15 is 0 Å². The quantitative estimate of drug-likeness (QED) is 0.615. The zero-order chi connectivity index (χ0) is 17.5. The SMILES string of the molecule is CCCc1nc(C#N)c(C#N)nc1Oc1ccc(OC(C)=O)cc1. The molecular formula is C17H14N4O3. The highest BCUT2D eigenvalue weighted by Gasteiger charge is 2.15. The summed E-state index contributed by atoms with van der Waals surface area (Å²) < 4.78 is 10.6. The molecule has 2 aromatic rings. The van der Waals surface area contributed by atoms with Gasteiger partial charge >= 0.3 is 5.97 Å². The molecule has 24 heavy (non-hydrogen) atoms. The lowest BCUT2D eigenvalue weighted by Crippen LogP contribution is -2.04. The van der Waals surface area contributed by atoms with Crippen LogP contribution in [0.1, 0.15) is 37.4 Å². The van der Waals surface area contributed by atoms with Crippen molar-refractivity contribution in [1.82, 2.24) is 9.97 Å². The molecule has 7 nitrogen and oxygen atoms in total. The first-order valence-electron chi connectivity index (χ1n) is 7.24. The van der Waals surface area contributed by atoms with Crippen LogP contribution in [0.4, 0.5) is 0 Å². The number of hydrogen-bond donors (Lipinski definition) is 0. The fraction of sp³-hybridized carbons (Fsp3) is 0.235. The first kappa shape index (κ1) is 16.9. The van der Waals surface area contributed by atoms with Gasteiger partial charge in [0.1, 0.15) is 29.3 Å². The number of carbonyl (C=O) groups is 1. The fourth-order valence-corrected chi connectivity index (χ4v) is 1.95. The van der Waals surface area contributed by atoms with E-state index in [4.69, 9.17) is 20.0 Å². The van der Waals surface area contributed by atoms with Gasteiger partial charge in [-0.3, -0.25) is 4.79 Å². The van der Waals surface area contributed by atoms with Crippen molar-refractivity contribution < 1.29 is 14.3 Å². The van der Waals surface area contributed by atoms with Crippen LogP contribution in [0.15, 0.2) is 24.3 Å². The lowest BCUT2D eigenvalue weighted by molar-refractivity contribution is -0.131. The van der Waals surface area contributed by atoms with Crippen LogP contribution in [0.25, 0.3) is 0 Å². The number of nitrogens with zero attached hydrogens (tertiary/aromatic N) is 4. The summed E-state index contributed by atoms with van der Waals surface area (Å²) in [5, 5.41) is 18.1. The highest BCUT2D eigenvalue weighted by molar-refractivity contribution is 5.69. The number of aryl methyl sites for hydroxylation is 1. The number of esters is 1. The average Bonchev–Trinajstić information content (AvgIpc) is 2.57. The summed E-state index contributed by atoms with van der Waals surface area (Å²) in [6.07, 6.45) is 1.35. The Kier molecular flexibility index (Phi) is 5.43. The van der Waals surface area contributed by atoms with E-state index < -0.39 is 5.97 Å². The van der Waals surface area contributed by atoms with Crippen molar-refractivity contribution >= 4 is 5.97 Å². The van der Waals surface area contributed by atoms with Crippen LogP contribution < -0.4 is 9.47 Å². The van der Waals surface area contributed by atoms with Crippen LogP contribution in [0, 0.1) is 22.7 Å². The lowest BCUT2D eigenvalue weighted by Gasteiger charge is -2.10. The van der Waals surface area contributed by atoms with E-state index in [1.165, 1.54) is 6.92 Å². The molecule has 0 spiro atoms. The Morgan fingerprint density at radius 1 is 1.08 bits per heavy atom. The molecular weight excluding hydrogens is 308 g/mol. The molecule has 0 atom stereocenters. The van der Waals surface area contributed by atoms with E-state index in [2.05, 4.69) is 9.97 Å².